The minimum Gasteiger partial charge on any atom is -0.496 e. The molecule has 0 aliphatic rings. The lowest BCUT2D eigenvalue weighted by molar-refractivity contribution is -0.137. The zero-order chi connectivity index (χ0) is 25.0. The van der Waals surface area contributed by atoms with Crippen LogP contribution in [0.25, 0.3) is 11.1 Å². The van der Waals surface area contributed by atoms with E-state index in [9.17, 15) is 22.8 Å². The van der Waals surface area contributed by atoms with Gasteiger partial charge in [-0.1, -0.05) is 29.9 Å². The number of aromatic nitrogens is 1. The number of anilines is 1. The van der Waals surface area contributed by atoms with Crippen molar-refractivity contribution >= 4 is 41.6 Å². The molecule has 0 saturated carbocycles. The maximum atomic E-state index is 13.1. The molecule has 3 rings (SSSR count). The highest BCUT2D eigenvalue weighted by molar-refractivity contribution is 7.71. The molecule has 0 saturated heterocycles. The molecule has 0 unspecified atom stereocenters. The number of H-pyrrole nitrogens is 1. The maximum Gasteiger partial charge on any atom is 0.416 e. The lowest BCUT2D eigenvalue weighted by Gasteiger charge is -2.13. The Morgan fingerprint density at radius 2 is 1.68 bits per heavy atom. The van der Waals surface area contributed by atoms with E-state index >= 15 is 0 Å². The number of benzene rings is 2. The van der Waals surface area contributed by atoms with E-state index in [4.69, 9.17) is 33.3 Å². The first-order valence-electron chi connectivity index (χ1n) is 9.48. The van der Waals surface area contributed by atoms with E-state index in [1.807, 2.05) is 0 Å². The molecular weight excluding hydrogens is 495 g/mol. The number of rotatable bonds is 5. The maximum absolute atomic E-state index is 13.1. The van der Waals surface area contributed by atoms with Gasteiger partial charge in [-0.3, -0.25) is 15.4 Å². The number of aromatic amines is 1. The van der Waals surface area contributed by atoms with Crippen LogP contribution in [0.4, 0.5) is 23.8 Å². The quantitative estimate of drug-likeness (QED) is 0.362. The topological polar surface area (TPSA) is 92.4 Å². The van der Waals surface area contributed by atoms with Crippen LogP contribution in [0.5, 0.6) is 11.5 Å². The number of imide groups is 1. The Morgan fingerprint density at radius 3 is 2.24 bits per heavy atom. The predicted molar refractivity (Wildman–Crippen MR) is 123 cm³/mol. The van der Waals surface area contributed by atoms with E-state index in [1.165, 1.54) is 38.6 Å². The summed E-state index contributed by atoms with van der Waals surface area (Å²) in [7, 11) is 2.73. The van der Waals surface area contributed by atoms with E-state index in [0.717, 1.165) is 18.2 Å². The summed E-state index contributed by atoms with van der Waals surface area (Å²) in [5.41, 5.74) is -0.558. The van der Waals surface area contributed by atoms with Gasteiger partial charge in [-0.15, -0.1) is 0 Å². The molecule has 3 amide bonds. The Labute approximate surface area is 201 Å². The van der Waals surface area contributed by atoms with Crippen molar-refractivity contribution in [3.63, 3.8) is 0 Å². The summed E-state index contributed by atoms with van der Waals surface area (Å²) >= 11 is 11.3. The van der Waals surface area contributed by atoms with Gasteiger partial charge in [-0.05, 0) is 36.4 Å². The molecule has 1 heterocycles. The lowest BCUT2D eigenvalue weighted by Crippen LogP contribution is -2.35. The second kappa shape index (κ2) is 10.1. The number of hydrogen-bond donors (Lipinski definition) is 3. The van der Waals surface area contributed by atoms with E-state index < -0.39 is 23.7 Å². The molecule has 2 aromatic carbocycles. The van der Waals surface area contributed by atoms with Gasteiger partial charge in [0.15, 0.2) is 0 Å². The summed E-state index contributed by atoms with van der Waals surface area (Å²) in [6, 6.07) is 7.99. The molecule has 0 aliphatic heterocycles. The predicted octanol–water partition coefficient (Wildman–Crippen LogP) is 6.06. The van der Waals surface area contributed by atoms with Crippen LogP contribution < -0.4 is 20.1 Å². The van der Waals surface area contributed by atoms with Crippen LogP contribution >= 0.6 is 23.8 Å². The zero-order valence-electron chi connectivity index (χ0n) is 17.7. The molecule has 0 bridgehead atoms. The highest BCUT2D eigenvalue weighted by Gasteiger charge is 2.31. The van der Waals surface area contributed by atoms with Crippen LogP contribution in [0.2, 0.25) is 5.02 Å². The Morgan fingerprint density at radius 1 is 1.03 bits per heavy atom. The summed E-state index contributed by atoms with van der Waals surface area (Å²) in [6.07, 6.45) is -3.24. The molecule has 0 fully saturated rings. The highest BCUT2D eigenvalue weighted by Crippen LogP contribution is 2.36. The third kappa shape index (κ3) is 5.49. The standard InChI is InChI=1S/C22H17ClF3N3O4S/c1-32-15-4-3-5-16(33-2)19(15)20(30)29-21(31)28-18-9-17(34)13(10-27-18)12-8-11(22(24,25)26)6-7-14(12)23/h3-10H,1-2H3,(H3,27,28,29,30,31,34). The number of pyridine rings is 1. The second-order valence-electron chi connectivity index (χ2n) is 6.76. The first-order chi connectivity index (χ1) is 16.0. The van der Waals surface area contributed by atoms with Gasteiger partial charge in [0.25, 0.3) is 5.91 Å². The lowest BCUT2D eigenvalue weighted by atomic mass is 10.0. The number of urea groups is 1. The van der Waals surface area contributed by atoms with Gasteiger partial charge >= 0.3 is 12.2 Å². The van der Waals surface area contributed by atoms with Gasteiger partial charge < -0.3 is 14.5 Å². The molecule has 0 aliphatic carbocycles. The van der Waals surface area contributed by atoms with Gasteiger partial charge in [0, 0.05) is 22.3 Å². The Balaban J connectivity index is 1.80. The summed E-state index contributed by atoms with van der Waals surface area (Å²) in [5.74, 6) is -0.287. The van der Waals surface area contributed by atoms with Crippen molar-refractivity contribution in [1.29, 1.82) is 0 Å². The summed E-state index contributed by atoms with van der Waals surface area (Å²) in [4.78, 5) is 27.6. The van der Waals surface area contributed by atoms with Crippen molar-refractivity contribution in [2.75, 3.05) is 19.5 Å². The number of carbonyl (C=O) groups excluding carboxylic acids is 2. The van der Waals surface area contributed by atoms with Gasteiger partial charge in [0.2, 0.25) is 0 Å². The Bertz CT molecular complexity index is 1290. The van der Waals surface area contributed by atoms with Crippen LogP contribution in [-0.4, -0.2) is 31.1 Å². The van der Waals surface area contributed by atoms with Crippen molar-refractivity contribution < 1.29 is 32.2 Å². The van der Waals surface area contributed by atoms with Crippen LogP contribution in [-0.2, 0) is 6.18 Å². The molecule has 0 atom stereocenters. The molecular formula is C22H17ClF3N3O4S. The molecule has 34 heavy (non-hydrogen) atoms. The average molecular weight is 512 g/mol. The number of amides is 3. The van der Waals surface area contributed by atoms with Crippen molar-refractivity contribution in [2.24, 2.45) is 0 Å². The Kier molecular flexibility index (Phi) is 7.48. The normalized spacial score (nSPS) is 11.0. The summed E-state index contributed by atoms with van der Waals surface area (Å²) < 4.78 is 49.6. The molecule has 0 spiro atoms. The molecule has 0 radical (unpaired) electrons. The van der Waals surface area contributed by atoms with Crippen molar-refractivity contribution in [2.45, 2.75) is 6.18 Å². The first kappa shape index (κ1) is 25.1. The van der Waals surface area contributed by atoms with Crippen molar-refractivity contribution in [3.05, 3.63) is 69.3 Å². The number of halogens is 4. The molecule has 3 N–H and O–H groups in total. The number of methoxy groups -OCH3 is 2. The largest absolute Gasteiger partial charge is 0.496 e. The average Bonchev–Trinajstić information content (AvgIpc) is 2.78. The number of hydrogen-bond acceptors (Lipinski definition) is 5. The number of carbonyl (C=O) groups is 2. The van der Waals surface area contributed by atoms with E-state index in [2.05, 4.69) is 15.6 Å². The van der Waals surface area contributed by atoms with E-state index in [0.29, 0.717) is 0 Å². The minimum absolute atomic E-state index is 0.0186. The van der Waals surface area contributed by atoms with Gasteiger partial charge in [0.05, 0.1) is 24.3 Å². The van der Waals surface area contributed by atoms with Crippen molar-refractivity contribution in [1.82, 2.24) is 10.3 Å². The minimum atomic E-state index is -4.55. The smallest absolute Gasteiger partial charge is 0.416 e. The summed E-state index contributed by atoms with van der Waals surface area (Å²) in [6.45, 7) is 0. The van der Waals surface area contributed by atoms with Crippen LogP contribution in [0.3, 0.4) is 0 Å². The first-order valence-corrected chi connectivity index (χ1v) is 10.3. The van der Waals surface area contributed by atoms with E-state index in [1.54, 1.807) is 6.07 Å². The van der Waals surface area contributed by atoms with Gasteiger partial charge in [-0.25, -0.2) is 4.79 Å². The van der Waals surface area contributed by atoms with Crippen LogP contribution in [0.15, 0.2) is 48.7 Å². The molecule has 12 heteroatoms. The molecule has 178 valence electrons. The zero-order valence-corrected chi connectivity index (χ0v) is 19.2. The van der Waals surface area contributed by atoms with Gasteiger partial charge in [0.1, 0.15) is 22.9 Å². The molecule has 3 aromatic rings. The molecule has 7 nitrogen and oxygen atoms in total. The van der Waals surface area contributed by atoms with Gasteiger partial charge in [-0.2, -0.15) is 13.2 Å². The monoisotopic (exact) mass is 511 g/mol. The summed E-state index contributed by atoms with van der Waals surface area (Å²) in [5, 5.41) is 4.62. The van der Waals surface area contributed by atoms with Crippen LogP contribution in [0, 0.1) is 4.51 Å². The number of nitrogens with one attached hydrogen (secondary N) is 3. The third-order valence-electron chi connectivity index (χ3n) is 4.63. The highest BCUT2D eigenvalue weighted by atomic mass is 35.5. The number of alkyl halides is 3. The number of ether oxygens (including phenoxy) is 2. The molecule has 1 aromatic heterocycles. The SMILES string of the molecule is COc1cccc(OC)c1C(=O)NC(=O)Nc1cc(=S)c(-c2cc(C(F)(F)F)ccc2Cl)c[nH]1. The van der Waals surface area contributed by atoms with E-state index in [-0.39, 0.29) is 43.5 Å². The fraction of sp³-hybridized carbons (Fsp3) is 0.136. The fourth-order valence-electron chi connectivity index (χ4n) is 3.06. The second-order valence-corrected chi connectivity index (χ2v) is 7.61. The Hall–Kier alpha value is -3.57. The van der Waals surface area contributed by atoms with Crippen LogP contribution in [0.1, 0.15) is 15.9 Å². The third-order valence-corrected chi connectivity index (χ3v) is 5.29. The fourth-order valence-corrected chi connectivity index (χ4v) is 3.56. The van der Waals surface area contributed by atoms with Crippen molar-refractivity contribution in [3.8, 4) is 22.6 Å².